The highest BCUT2D eigenvalue weighted by atomic mass is 127. The summed E-state index contributed by atoms with van der Waals surface area (Å²) in [5.41, 5.74) is 2.53. The van der Waals surface area contributed by atoms with Gasteiger partial charge in [-0.2, -0.15) is 0 Å². The highest BCUT2D eigenvalue weighted by molar-refractivity contribution is 14.1. The fourth-order valence-corrected chi connectivity index (χ4v) is 3.56. The topological polar surface area (TPSA) is 71.1 Å². The summed E-state index contributed by atoms with van der Waals surface area (Å²) in [6.07, 6.45) is -0.0384. The van der Waals surface area contributed by atoms with Crippen molar-refractivity contribution in [3.8, 4) is 22.6 Å². The number of esters is 2. The van der Waals surface area contributed by atoms with Crippen molar-refractivity contribution < 1.29 is 32.9 Å². The first kappa shape index (κ1) is 29.1. The molecule has 0 unspecified atom stereocenters. The molecule has 3 rings (SSSR count). The van der Waals surface area contributed by atoms with E-state index in [0.717, 1.165) is 14.7 Å². The van der Waals surface area contributed by atoms with Crippen LogP contribution in [0.4, 0.5) is 4.39 Å². The summed E-state index contributed by atoms with van der Waals surface area (Å²) in [5.74, 6) is -0.0793. The molecule has 3 aromatic carbocycles. The van der Waals surface area contributed by atoms with Gasteiger partial charge in [-0.25, -0.2) is 14.0 Å². The summed E-state index contributed by atoms with van der Waals surface area (Å²) in [4.78, 5) is 23.2. The molecule has 0 N–H and O–H groups in total. The van der Waals surface area contributed by atoms with Crippen LogP contribution >= 0.6 is 22.6 Å². The summed E-state index contributed by atoms with van der Waals surface area (Å²) < 4.78 is 34.7. The second-order valence-electron chi connectivity index (χ2n) is 8.17. The molecule has 0 fully saturated rings. The molecule has 0 saturated carbocycles. The first-order valence-electron chi connectivity index (χ1n) is 11.2. The first-order valence-corrected chi connectivity index (χ1v) is 12.3. The molecule has 0 atom stereocenters. The largest absolute Gasteiger partial charge is 0.490 e. The third-order valence-electron chi connectivity index (χ3n) is 4.64. The van der Waals surface area contributed by atoms with Crippen LogP contribution in [0, 0.1) is 9.39 Å². The van der Waals surface area contributed by atoms with E-state index in [1.807, 2.05) is 39.8 Å². The van der Waals surface area contributed by atoms with Gasteiger partial charge in [-0.15, -0.1) is 0 Å². The van der Waals surface area contributed by atoms with E-state index in [0.29, 0.717) is 22.6 Å². The quantitative estimate of drug-likeness (QED) is 0.214. The fraction of sp³-hybridized carbons (Fsp3) is 0.286. The second kappa shape index (κ2) is 13.8. The van der Waals surface area contributed by atoms with E-state index in [9.17, 15) is 14.0 Å². The number of halogens is 2. The summed E-state index contributed by atoms with van der Waals surface area (Å²) in [5, 5.41) is 0. The molecule has 0 heterocycles. The van der Waals surface area contributed by atoms with Gasteiger partial charge in [0.1, 0.15) is 28.4 Å². The third-order valence-corrected chi connectivity index (χ3v) is 5.31. The van der Waals surface area contributed by atoms with Crippen LogP contribution in [0.15, 0.2) is 60.7 Å². The number of carbonyl (C=O) groups excluding carboxylic acids is 2. The Kier molecular flexibility index (Phi) is 11.2. The fourth-order valence-electron chi connectivity index (χ4n) is 3.10. The molecule has 0 radical (unpaired) electrons. The molecule has 0 aliphatic rings. The minimum atomic E-state index is -0.448. The Morgan fingerprint density at radius 2 is 1.14 bits per heavy atom. The summed E-state index contributed by atoms with van der Waals surface area (Å²) >= 11 is 2.17. The van der Waals surface area contributed by atoms with Crippen LogP contribution in [-0.2, 0) is 9.47 Å². The number of rotatable bonds is 7. The predicted octanol–water partition coefficient (Wildman–Crippen LogP) is 6.93. The van der Waals surface area contributed by atoms with Gasteiger partial charge in [0.15, 0.2) is 0 Å². The number of hydrogen-bond acceptors (Lipinski definition) is 6. The van der Waals surface area contributed by atoms with Gasteiger partial charge < -0.3 is 18.9 Å². The standard InChI is InChI=1S/C17H17FO3.C11H13IO3/c1-11(2)21-16-10-13(6-9-15(16)17(19)20-3)12-4-7-14(18)8-5-12;1-7(2)15-10-6-8(12)4-5-9(10)11(13)14-3/h4-11H,1-3H3;4-7H,1-3H3. The van der Waals surface area contributed by atoms with Crippen molar-refractivity contribution in [3.05, 3.63) is 81.2 Å². The van der Waals surface area contributed by atoms with Gasteiger partial charge in [0.25, 0.3) is 0 Å². The van der Waals surface area contributed by atoms with E-state index in [4.69, 9.17) is 14.2 Å². The summed E-state index contributed by atoms with van der Waals surface area (Å²) in [7, 11) is 2.69. The SMILES string of the molecule is COC(=O)c1ccc(-c2ccc(F)cc2)cc1OC(C)C.COC(=O)c1ccc(I)cc1OC(C)C. The van der Waals surface area contributed by atoms with Gasteiger partial charge in [-0.3, -0.25) is 0 Å². The molecule has 0 aliphatic carbocycles. The van der Waals surface area contributed by atoms with E-state index in [-0.39, 0.29) is 24.0 Å². The Balaban J connectivity index is 0.000000269. The maximum Gasteiger partial charge on any atom is 0.341 e. The molecule has 8 heteroatoms. The highest BCUT2D eigenvalue weighted by Crippen LogP contribution is 2.29. The molecule has 3 aromatic rings. The Hall–Kier alpha value is -3.14. The maximum absolute atomic E-state index is 13.0. The molecule has 0 amide bonds. The Bertz CT molecular complexity index is 1180. The van der Waals surface area contributed by atoms with Crippen molar-refractivity contribution >= 4 is 34.5 Å². The Morgan fingerprint density at radius 3 is 1.61 bits per heavy atom. The van der Waals surface area contributed by atoms with E-state index in [1.165, 1.54) is 26.4 Å². The van der Waals surface area contributed by atoms with E-state index < -0.39 is 5.97 Å². The van der Waals surface area contributed by atoms with Gasteiger partial charge >= 0.3 is 11.9 Å². The molecular formula is C28H30FIO6. The third kappa shape index (κ3) is 8.51. The normalized spacial score (nSPS) is 10.4. The molecule has 36 heavy (non-hydrogen) atoms. The van der Waals surface area contributed by atoms with Gasteiger partial charge in [-0.1, -0.05) is 18.2 Å². The van der Waals surface area contributed by atoms with E-state index in [1.54, 1.807) is 36.4 Å². The molecule has 0 bridgehead atoms. The lowest BCUT2D eigenvalue weighted by Crippen LogP contribution is -2.11. The van der Waals surface area contributed by atoms with Crippen molar-refractivity contribution in [1.82, 2.24) is 0 Å². The predicted molar refractivity (Wildman–Crippen MR) is 145 cm³/mol. The van der Waals surface area contributed by atoms with Crippen LogP contribution < -0.4 is 9.47 Å². The number of carbonyl (C=O) groups is 2. The average Bonchev–Trinajstić information content (AvgIpc) is 2.83. The Morgan fingerprint density at radius 1 is 0.694 bits per heavy atom. The van der Waals surface area contributed by atoms with Crippen LogP contribution in [0.2, 0.25) is 0 Å². The molecule has 0 aliphatic heterocycles. The van der Waals surface area contributed by atoms with Crippen molar-refractivity contribution in [3.63, 3.8) is 0 Å². The van der Waals surface area contributed by atoms with Crippen LogP contribution in [0.5, 0.6) is 11.5 Å². The minimum Gasteiger partial charge on any atom is -0.490 e. The van der Waals surface area contributed by atoms with Crippen molar-refractivity contribution in [2.45, 2.75) is 39.9 Å². The molecular weight excluding hydrogens is 578 g/mol. The molecule has 0 aromatic heterocycles. The van der Waals surface area contributed by atoms with Crippen molar-refractivity contribution in [2.75, 3.05) is 14.2 Å². The van der Waals surface area contributed by atoms with Crippen LogP contribution in [-0.4, -0.2) is 38.4 Å². The smallest absolute Gasteiger partial charge is 0.341 e. The highest BCUT2D eigenvalue weighted by Gasteiger charge is 2.16. The molecule has 0 saturated heterocycles. The number of hydrogen-bond donors (Lipinski definition) is 0. The maximum atomic E-state index is 13.0. The number of methoxy groups -OCH3 is 2. The number of ether oxygens (including phenoxy) is 4. The zero-order chi connectivity index (χ0) is 26.8. The van der Waals surface area contributed by atoms with Gasteiger partial charge in [0, 0.05) is 3.57 Å². The van der Waals surface area contributed by atoms with E-state index in [2.05, 4.69) is 27.3 Å². The summed E-state index contributed by atoms with van der Waals surface area (Å²) in [6.45, 7) is 7.60. The van der Waals surface area contributed by atoms with Crippen molar-refractivity contribution in [1.29, 1.82) is 0 Å². The van der Waals surface area contributed by atoms with Crippen LogP contribution in [0.3, 0.4) is 0 Å². The van der Waals surface area contributed by atoms with Gasteiger partial charge in [0.2, 0.25) is 0 Å². The monoisotopic (exact) mass is 608 g/mol. The molecule has 6 nitrogen and oxygen atoms in total. The lowest BCUT2D eigenvalue weighted by atomic mass is 10.0. The van der Waals surface area contributed by atoms with Crippen LogP contribution in [0.25, 0.3) is 11.1 Å². The zero-order valence-corrected chi connectivity index (χ0v) is 23.3. The molecule has 0 spiro atoms. The zero-order valence-electron chi connectivity index (χ0n) is 21.1. The van der Waals surface area contributed by atoms with Crippen LogP contribution in [0.1, 0.15) is 48.4 Å². The Labute approximate surface area is 224 Å². The minimum absolute atomic E-state index is 0.0339. The molecule has 192 valence electrons. The van der Waals surface area contributed by atoms with Gasteiger partial charge in [0.05, 0.1) is 26.4 Å². The first-order chi connectivity index (χ1) is 17.0. The van der Waals surface area contributed by atoms with E-state index >= 15 is 0 Å². The lowest BCUT2D eigenvalue weighted by molar-refractivity contribution is 0.0584. The van der Waals surface area contributed by atoms with Gasteiger partial charge in [-0.05, 0) is 104 Å². The average molecular weight is 608 g/mol. The second-order valence-corrected chi connectivity index (χ2v) is 9.42. The van der Waals surface area contributed by atoms with Crippen molar-refractivity contribution in [2.24, 2.45) is 0 Å². The number of benzene rings is 3. The lowest BCUT2D eigenvalue weighted by Gasteiger charge is -2.14. The summed E-state index contributed by atoms with van der Waals surface area (Å²) in [6, 6.07) is 16.7.